The first-order valence-corrected chi connectivity index (χ1v) is 10.9. The molecule has 0 spiro atoms. The van der Waals surface area contributed by atoms with E-state index in [-0.39, 0.29) is 0 Å². The van der Waals surface area contributed by atoms with Crippen LogP contribution in [0.1, 0.15) is 27.7 Å². The third-order valence-corrected chi connectivity index (χ3v) is 8.49. The van der Waals surface area contributed by atoms with Crippen molar-refractivity contribution in [3.8, 4) is 0 Å². The van der Waals surface area contributed by atoms with Gasteiger partial charge < -0.3 is 9.05 Å². The molecule has 0 unspecified atom stereocenters. The molecule has 0 aliphatic rings. The van der Waals surface area contributed by atoms with Gasteiger partial charge in [0.2, 0.25) is 0 Å². The van der Waals surface area contributed by atoms with Crippen LogP contribution in [0.3, 0.4) is 0 Å². The minimum Gasteiger partial charge on any atom is -0.322 e. The average molecular weight is 363 g/mol. The molecule has 0 aromatic heterocycles. The molecule has 0 N–H and O–H groups in total. The molecule has 0 saturated carbocycles. The molecule has 0 saturated heterocycles. The third-order valence-electron chi connectivity index (χ3n) is 3.31. The average Bonchev–Trinajstić information content (AvgIpc) is 2.60. The second-order valence-corrected chi connectivity index (χ2v) is 9.30. The van der Waals surface area contributed by atoms with E-state index in [9.17, 15) is 0 Å². The Labute approximate surface area is 148 Å². The van der Waals surface area contributed by atoms with Crippen LogP contribution in [0.15, 0.2) is 60.7 Å². The van der Waals surface area contributed by atoms with Gasteiger partial charge in [-0.05, 0) is 38.3 Å². The fourth-order valence-electron chi connectivity index (χ4n) is 2.39. The summed E-state index contributed by atoms with van der Waals surface area (Å²) in [6, 6.07) is 21.7. The van der Waals surface area contributed by atoms with Gasteiger partial charge in [0.15, 0.2) is 0 Å². The highest BCUT2D eigenvalue weighted by molar-refractivity contribution is 7.77. The van der Waals surface area contributed by atoms with E-state index >= 15 is 0 Å². The molecule has 0 aliphatic heterocycles. The molecule has 130 valence electrons. The minimum absolute atomic E-state index is 0.320. The van der Waals surface area contributed by atoms with Crippen LogP contribution >= 0.6 is 16.6 Å². The summed E-state index contributed by atoms with van der Waals surface area (Å²) in [6.07, 6.45) is 0. The van der Waals surface area contributed by atoms with Crippen LogP contribution in [0.4, 0.5) is 0 Å². The van der Waals surface area contributed by atoms with Crippen molar-refractivity contribution in [3.63, 3.8) is 0 Å². The van der Waals surface area contributed by atoms with Crippen LogP contribution in [0.5, 0.6) is 0 Å². The Bertz CT molecular complexity index is 535. The summed E-state index contributed by atoms with van der Waals surface area (Å²) in [5, 5.41) is 2.64. The Morgan fingerprint density at radius 3 is 1.54 bits per heavy atom. The Morgan fingerprint density at radius 2 is 1.21 bits per heavy atom. The fraction of sp³-hybridized carbons (Fsp3) is 0.368. The number of benzene rings is 2. The maximum absolute atomic E-state index is 6.01. The van der Waals surface area contributed by atoms with Crippen molar-refractivity contribution < 1.29 is 9.05 Å². The van der Waals surface area contributed by atoms with Gasteiger partial charge in [-0.25, -0.2) is 4.44 Å². The summed E-state index contributed by atoms with van der Waals surface area (Å²) in [7, 11) is -1.79. The van der Waals surface area contributed by atoms with Crippen LogP contribution in [-0.4, -0.2) is 23.7 Å². The molecule has 2 rings (SSSR count). The summed E-state index contributed by atoms with van der Waals surface area (Å²) in [5.41, 5.74) is 0. The lowest BCUT2D eigenvalue weighted by Gasteiger charge is -2.38. The molecule has 0 amide bonds. The van der Waals surface area contributed by atoms with Crippen LogP contribution in [-0.2, 0) is 9.05 Å². The summed E-state index contributed by atoms with van der Waals surface area (Å²) < 4.78 is 14.5. The SMILES string of the molecule is CCOP(OCC)N(C(C)C)P(c1ccccc1)c1ccccc1. The van der Waals surface area contributed by atoms with E-state index < -0.39 is 16.6 Å². The van der Waals surface area contributed by atoms with Crippen LogP contribution < -0.4 is 10.6 Å². The molecule has 3 nitrogen and oxygen atoms in total. The molecule has 0 heterocycles. The van der Waals surface area contributed by atoms with Crippen molar-refractivity contribution in [1.82, 2.24) is 4.44 Å². The van der Waals surface area contributed by atoms with Gasteiger partial charge in [-0.2, -0.15) is 0 Å². The van der Waals surface area contributed by atoms with Gasteiger partial charge in [0, 0.05) is 14.1 Å². The molecule has 0 atom stereocenters. The zero-order valence-corrected chi connectivity index (χ0v) is 16.7. The van der Waals surface area contributed by atoms with E-state index in [4.69, 9.17) is 9.05 Å². The molecule has 2 aromatic rings. The lowest BCUT2D eigenvalue weighted by atomic mass is 10.4. The van der Waals surface area contributed by atoms with E-state index in [0.717, 1.165) is 0 Å². The second-order valence-electron chi connectivity index (χ2n) is 5.47. The molecule has 0 radical (unpaired) electrons. The molecule has 0 aliphatic carbocycles. The van der Waals surface area contributed by atoms with E-state index in [0.29, 0.717) is 19.3 Å². The quantitative estimate of drug-likeness (QED) is 0.582. The topological polar surface area (TPSA) is 21.7 Å². The first kappa shape index (κ1) is 19.5. The van der Waals surface area contributed by atoms with Gasteiger partial charge in [-0.3, -0.25) is 0 Å². The Hall–Kier alpha value is -0.820. The summed E-state index contributed by atoms with van der Waals surface area (Å²) in [6.45, 7) is 9.80. The highest BCUT2D eigenvalue weighted by atomic mass is 31.2. The Morgan fingerprint density at radius 1 is 0.792 bits per heavy atom. The van der Waals surface area contributed by atoms with Crippen LogP contribution in [0.2, 0.25) is 0 Å². The Kier molecular flexibility index (Phi) is 8.32. The predicted octanol–water partition coefficient (Wildman–Crippen LogP) is 5.04. The normalized spacial score (nSPS) is 11.8. The van der Waals surface area contributed by atoms with Crippen LogP contribution in [0.25, 0.3) is 0 Å². The lowest BCUT2D eigenvalue weighted by molar-refractivity contribution is 0.238. The van der Waals surface area contributed by atoms with Crippen molar-refractivity contribution in [1.29, 1.82) is 0 Å². The van der Waals surface area contributed by atoms with Gasteiger partial charge in [0.05, 0.1) is 13.2 Å². The lowest BCUT2D eigenvalue weighted by Crippen LogP contribution is -2.31. The van der Waals surface area contributed by atoms with Gasteiger partial charge in [0.25, 0.3) is 8.53 Å². The van der Waals surface area contributed by atoms with E-state index in [1.165, 1.54) is 10.6 Å². The maximum Gasteiger partial charge on any atom is 0.263 e. The number of rotatable bonds is 9. The zero-order valence-electron chi connectivity index (χ0n) is 14.9. The molecule has 0 bridgehead atoms. The number of hydrogen-bond donors (Lipinski definition) is 0. The largest absolute Gasteiger partial charge is 0.322 e. The highest BCUT2D eigenvalue weighted by Crippen LogP contribution is 2.58. The predicted molar refractivity (Wildman–Crippen MR) is 106 cm³/mol. The highest BCUT2D eigenvalue weighted by Gasteiger charge is 2.33. The molecule has 0 fully saturated rings. The van der Waals surface area contributed by atoms with Crippen molar-refractivity contribution in [2.45, 2.75) is 33.7 Å². The Balaban J connectivity index is 2.49. The molecule has 5 heteroatoms. The van der Waals surface area contributed by atoms with E-state index in [1.807, 2.05) is 13.8 Å². The summed E-state index contributed by atoms with van der Waals surface area (Å²) in [5.74, 6) is 0. The smallest absolute Gasteiger partial charge is 0.263 e. The van der Waals surface area contributed by atoms with Gasteiger partial charge in [-0.1, -0.05) is 60.7 Å². The molecular formula is C19H27NO2P2. The third kappa shape index (κ3) is 5.09. The van der Waals surface area contributed by atoms with Crippen molar-refractivity contribution in [2.75, 3.05) is 13.2 Å². The minimum atomic E-state index is -1.09. The molecule has 24 heavy (non-hydrogen) atoms. The second kappa shape index (κ2) is 10.2. The van der Waals surface area contributed by atoms with Crippen LogP contribution in [0, 0.1) is 0 Å². The molecular weight excluding hydrogens is 336 g/mol. The first-order valence-electron chi connectivity index (χ1n) is 8.44. The summed E-state index contributed by atoms with van der Waals surface area (Å²) >= 11 is 0. The van der Waals surface area contributed by atoms with Crippen molar-refractivity contribution in [3.05, 3.63) is 60.7 Å². The van der Waals surface area contributed by atoms with Gasteiger partial charge in [0.1, 0.15) is 0 Å². The number of nitrogens with zero attached hydrogens (tertiary/aromatic N) is 1. The summed E-state index contributed by atoms with van der Waals surface area (Å²) in [4.78, 5) is 0. The first-order chi connectivity index (χ1) is 11.7. The number of hydrogen-bond acceptors (Lipinski definition) is 3. The van der Waals surface area contributed by atoms with E-state index in [1.54, 1.807) is 0 Å². The van der Waals surface area contributed by atoms with Crippen molar-refractivity contribution >= 4 is 27.2 Å². The van der Waals surface area contributed by atoms with E-state index in [2.05, 4.69) is 79.0 Å². The zero-order chi connectivity index (χ0) is 17.4. The standard InChI is InChI=1S/C19H27NO2P2/c1-5-21-24(22-6-2)20(17(3)4)23(18-13-9-7-10-14-18)19-15-11-8-12-16-19/h7-17H,5-6H2,1-4H3. The van der Waals surface area contributed by atoms with Crippen molar-refractivity contribution in [2.24, 2.45) is 0 Å². The molecule has 2 aromatic carbocycles. The fourth-order valence-corrected chi connectivity index (χ4v) is 7.18. The monoisotopic (exact) mass is 363 g/mol. The maximum atomic E-state index is 6.01. The van der Waals surface area contributed by atoms with Gasteiger partial charge >= 0.3 is 0 Å². The van der Waals surface area contributed by atoms with Gasteiger partial charge in [-0.15, -0.1) is 0 Å².